The van der Waals surface area contributed by atoms with Crippen LogP contribution in [-0.2, 0) is 12.8 Å². The Kier molecular flexibility index (Phi) is 3.83. The second-order valence-electron chi connectivity index (χ2n) is 4.89. The lowest BCUT2D eigenvalue weighted by Gasteiger charge is -2.08. The van der Waals surface area contributed by atoms with Gasteiger partial charge >= 0.3 is 0 Å². The highest BCUT2D eigenvalue weighted by atomic mass is 16.1. The molecule has 102 valence electrons. The first-order valence-electron chi connectivity index (χ1n) is 6.74. The smallest absolute Gasteiger partial charge is 0.253 e. The lowest BCUT2D eigenvalue weighted by atomic mass is 10.2. The summed E-state index contributed by atoms with van der Waals surface area (Å²) in [6, 6.07) is 3.56. The molecule has 5 heteroatoms. The number of nitrogens with zero attached hydrogens (tertiary/aromatic N) is 3. The molecule has 0 saturated carbocycles. The largest absolute Gasteiger partial charge is 0.310 e. The van der Waals surface area contributed by atoms with E-state index in [0.29, 0.717) is 11.6 Å². The Bertz CT molecular complexity index is 625. The minimum atomic E-state index is -0.135. The third-order valence-electron chi connectivity index (χ3n) is 3.07. The van der Waals surface area contributed by atoms with Gasteiger partial charge in [0.05, 0.1) is 5.69 Å². The van der Waals surface area contributed by atoms with E-state index >= 15 is 0 Å². The van der Waals surface area contributed by atoms with Gasteiger partial charge in [0.15, 0.2) is 5.82 Å². The number of H-pyrrole nitrogens is 1. The van der Waals surface area contributed by atoms with Crippen LogP contribution in [0.15, 0.2) is 16.9 Å². The van der Waals surface area contributed by atoms with Crippen molar-refractivity contribution in [3.05, 3.63) is 39.7 Å². The molecule has 0 radical (unpaired) electrons. The molecule has 0 aliphatic heterocycles. The Labute approximate surface area is 112 Å². The van der Waals surface area contributed by atoms with E-state index < -0.39 is 0 Å². The van der Waals surface area contributed by atoms with Crippen molar-refractivity contribution in [3.8, 4) is 5.82 Å². The molecule has 2 rings (SSSR count). The van der Waals surface area contributed by atoms with Gasteiger partial charge in [-0.25, -0.2) is 9.67 Å². The van der Waals surface area contributed by atoms with E-state index in [4.69, 9.17) is 0 Å². The molecular formula is C14H20N4O. The topological polar surface area (TPSA) is 63.6 Å². The number of aromatic amines is 1. The van der Waals surface area contributed by atoms with Crippen LogP contribution in [-0.4, -0.2) is 19.7 Å². The minimum Gasteiger partial charge on any atom is -0.310 e. The van der Waals surface area contributed by atoms with E-state index in [1.807, 2.05) is 13.8 Å². The van der Waals surface area contributed by atoms with Crippen LogP contribution < -0.4 is 5.56 Å². The van der Waals surface area contributed by atoms with Crippen LogP contribution >= 0.6 is 0 Å². The fraction of sp³-hybridized carbons (Fsp3) is 0.500. The van der Waals surface area contributed by atoms with Gasteiger partial charge in [0.25, 0.3) is 5.56 Å². The van der Waals surface area contributed by atoms with Crippen molar-refractivity contribution in [2.45, 2.75) is 46.5 Å². The van der Waals surface area contributed by atoms with E-state index in [9.17, 15) is 4.79 Å². The second-order valence-corrected chi connectivity index (χ2v) is 4.89. The van der Waals surface area contributed by atoms with Gasteiger partial charge in [-0.05, 0) is 18.9 Å². The molecule has 0 aliphatic rings. The van der Waals surface area contributed by atoms with Crippen molar-refractivity contribution < 1.29 is 0 Å². The standard InChI is InChI=1S/C14H20N4O/c1-5-10-7-11(6-2)18(17-10)12-8-13(19)16-14(15-12)9(3)4/h7-9H,5-6H2,1-4H3,(H,15,16,19). The molecule has 5 nitrogen and oxygen atoms in total. The Hall–Kier alpha value is -1.91. The van der Waals surface area contributed by atoms with Gasteiger partial charge in [-0.2, -0.15) is 5.10 Å². The van der Waals surface area contributed by atoms with E-state index in [1.165, 1.54) is 6.07 Å². The van der Waals surface area contributed by atoms with Crippen molar-refractivity contribution >= 4 is 0 Å². The zero-order chi connectivity index (χ0) is 14.0. The van der Waals surface area contributed by atoms with Crippen molar-refractivity contribution in [3.63, 3.8) is 0 Å². The quantitative estimate of drug-likeness (QED) is 0.916. The van der Waals surface area contributed by atoms with Crippen molar-refractivity contribution in [1.29, 1.82) is 0 Å². The van der Waals surface area contributed by atoms with Crippen LogP contribution in [0.1, 0.15) is 50.8 Å². The van der Waals surface area contributed by atoms with E-state index in [1.54, 1.807) is 4.68 Å². The molecule has 1 N–H and O–H groups in total. The van der Waals surface area contributed by atoms with Gasteiger partial charge in [-0.15, -0.1) is 0 Å². The van der Waals surface area contributed by atoms with Gasteiger partial charge < -0.3 is 4.98 Å². The first kappa shape index (κ1) is 13.5. The van der Waals surface area contributed by atoms with Crippen molar-refractivity contribution in [2.24, 2.45) is 0 Å². The molecule has 0 saturated heterocycles. The summed E-state index contributed by atoms with van der Waals surface area (Å²) in [5.41, 5.74) is 1.96. The van der Waals surface area contributed by atoms with E-state index in [-0.39, 0.29) is 11.5 Å². The normalized spacial score (nSPS) is 11.2. The van der Waals surface area contributed by atoms with E-state index in [2.05, 4.69) is 35.0 Å². The predicted octanol–water partition coefficient (Wildman–Crippen LogP) is 2.20. The summed E-state index contributed by atoms with van der Waals surface area (Å²) in [5, 5.41) is 4.51. The number of hydrogen-bond acceptors (Lipinski definition) is 3. The van der Waals surface area contributed by atoms with Gasteiger partial charge in [0.2, 0.25) is 0 Å². The number of hydrogen-bond donors (Lipinski definition) is 1. The highest BCUT2D eigenvalue weighted by Gasteiger charge is 2.11. The summed E-state index contributed by atoms with van der Waals surface area (Å²) in [7, 11) is 0. The monoisotopic (exact) mass is 260 g/mol. The summed E-state index contributed by atoms with van der Waals surface area (Å²) in [6.45, 7) is 8.15. The van der Waals surface area contributed by atoms with E-state index in [0.717, 1.165) is 24.2 Å². The molecule has 0 atom stereocenters. The number of nitrogens with one attached hydrogen (secondary N) is 1. The SMILES string of the molecule is CCc1cc(CC)n(-c2cc(=O)[nH]c(C(C)C)n2)n1. The lowest BCUT2D eigenvalue weighted by Crippen LogP contribution is -2.16. The summed E-state index contributed by atoms with van der Waals surface area (Å²) in [6.07, 6.45) is 1.73. The van der Waals surface area contributed by atoms with Gasteiger partial charge in [0.1, 0.15) is 5.82 Å². The fourth-order valence-electron chi connectivity index (χ4n) is 1.94. The molecule has 2 heterocycles. The predicted molar refractivity (Wildman–Crippen MR) is 74.8 cm³/mol. The molecular weight excluding hydrogens is 240 g/mol. The van der Waals surface area contributed by atoms with Crippen LogP contribution in [0.2, 0.25) is 0 Å². The lowest BCUT2D eigenvalue weighted by molar-refractivity contribution is 0.718. The molecule has 0 aromatic carbocycles. The van der Waals surface area contributed by atoms with Crippen LogP contribution in [0.4, 0.5) is 0 Å². The molecule has 19 heavy (non-hydrogen) atoms. The molecule has 0 fully saturated rings. The summed E-state index contributed by atoms with van der Waals surface area (Å²) < 4.78 is 1.78. The summed E-state index contributed by atoms with van der Waals surface area (Å²) in [5.74, 6) is 1.47. The molecule has 0 bridgehead atoms. The maximum atomic E-state index is 11.7. The Morgan fingerprint density at radius 2 is 2.00 bits per heavy atom. The van der Waals surface area contributed by atoms with Gasteiger partial charge in [-0.1, -0.05) is 27.7 Å². The van der Waals surface area contributed by atoms with Gasteiger partial charge in [-0.3, -0.25) is 4.79 Å². The van der Waals surface area contributed by atoms with Crippen LogP contribution in [0, 0.1) is 0 Å². The van der Waals surface area contributed by atoms with Crippen molar-refractivity contribution in [2.75, 3.05) is 0 Å². The maximum Gasteiger partial charge on any atom is 0.253 e. The number of rotatable bonds is 4. The third-order valence-corrected chi connectivity index (χ3v) is 3.07. The fourth-order valence-corrected chi connectivity index (χ4v) is 1.94. The summed E-state index contributed by atoms with van der Waals surface area (Å²) in [4.78, 5) is 19.0. The Morgan fingerprint density at radius 1 is 1.26 bits per heavy atom. The third kappa shape index (κ3) is 2.75. The molecule has 2 aromatic heterocycles. The summed E-state index contributed by atoms with van der Waals surface area (Å²) >= 11 is 0. The number of aryl methyl sites for hydroxylation is 2. The minimum absolute atomic E-state index is 0.135. The highest BCUT2D eigenvalue weighted by molar-refractivity contribution is 5.26. The van der Waals surface area contributed by atoms with Crippen molar-refractivity contribution in [1.82, 2.24) is 19.7 Å². The highest BCUT2D eigenvalue weighted by Crippen LogP contribution is 2.13. The molecule has 0 unspecified atom stereocenters. The van der Waals surface area contributed by atoms with Crippen LogP contribution in [0.5, 0.6) is 0 Å². The zero-order valence-electron chi connectivity index (χ0n) is 11.9. The zero-order valence-corrected chi connectivity index (χ0v) is 11.9. The Balaban J connectivity index is 2.57. The molecule has 2 aromatic rings. The number of aromatic nitrogens is 4. The molecule has 0 spiro atoms. The second kappa shape index (κ2) is 5.38. The molecule has 0 aliphatic carbocycles. The average Bonchev–Trinajstić information content (AvgIpc) is 2.81. The van der Waals surface area contributed by atoms with Gasteiger partial charge in [0, 0.05) is 17.7 Å². The first-order valence-corrected chi connectivity index (χ1v) is 6.74. The molecule has 0 amide bonds. The maximum absolute atomic E-state index is 11.7. The Morgan fingerprint density at radius 3 is 2.58 bits per heavy atom. The van der Waals surface area contributed by atoms with Crippen LogP contribution in [0.25, 0.3) is 5.82 Å². The average molecular weight is 260 g/mol. The first-order chi connectivity index (χ1) is 9.05. The van der Waals surface area contributed by atoms with Crippen LogP contribution in [0.3, 0.4) is 0 Å².